The number of methoxy groups -OCH3 is 1. The van der Waals surface area contributed by atoms with Crippen molar-refractivity contribution >= 4 is 12.4 Å². The Kier molecular flexibility index (Phi) is 4.24. The number of fused-ring (bicyclic) bond motifs is 1. The van der Waals surface area contributed by atoms with Crippen molar-refractivity contribution in [2.24, 2.45) is 0 Å². The molecule has 0 aromatic heterocycles. The van der Waals surface area contributed by atoms with E-state index in [1.165, 1.54) is 5.56 Å². The van der Waals surface area contributed by atoms with Gasteiger partial charge in [0, 0.05) is 19.0 Å². The maximum atomic E-state index is 5.75. The Bertz CT molecular complexity index is 330. The lowest BCUT2D eigenvalue weighted by molar-refractivity contribution is 0.230. The summed E-state index contributed by atoms with van der Waals surface area (Å²) in [7, 11) is 3.61. The molecule has 1 atom stereocenters. The van der Waals surface area contributed by atoms with E-state index in [9.17, 15) is 0 Å². The van der Waals surface area contributed by atoms with Gasteiger partial charge in [0.1, 0.15) is 17.6 Å². The van der Waals surface area contributed by atoms with E-state index in [2.05, 4.69) is 11.4 Å². The molecule has 1 N–H and O–H groups in total. The Morgan fingerprint density at radius 2 is 2.33 bits per heavy atom. The van der Waals surface area contributed by atoms with E-state index < -0.39 is 0 Å². The molecule has 0 radical (unpaired) electrons. The zero-order valence-corrected chi connectivity index (χ0v) is 9.76. The molecule has 0 bridgehead atoms. The lowest BCUT2D eigenvalue weighted by Gasteiger charge is -2.09. The van der Waals surface area contributed by atoms with Gasteiger partial charge in [0.25, 0.3) is 0 Å². The molecule has 1 aliphatic heterocycles. The first kappa shape index (κ1) is 12.1. The van der Waals surface area contributed by atoms with Crippen molar-refractivity contribution in [2.75, 3.05) is 20.7 Å². The minimum absolute atomic E-state index is 0. The molecule has 0 fully saturated rings. The lowest BCUT2D eigenvalue weighted by atomic mass is 10.1. The molecule has 84 valence electrons. The van der Waals surface area contributed by atoms with E-state index in [-0.39, 0.29) is 18.5 Å². The van der Waals surface area contributed by atoms with E-state index in [4.69, 9.17) is 9.47 Å². The van der Waals surface area contributed by atoms with Crippen LogP contribution in [0.4, 0.5) is 0 Å². The Labute approximate surface area is 96.2 Å². The van der Waals surface area contributed by atoms with Crippen molar-refractivity contribution in [1.29, 1.82) is 0 Å². The zero-order valence-electron chi connectivity index (χ0n) is 8.95. The maximum absolute atomic E-state index is 5.75. The molecule has 1 aromatic carbocycles. The molecule has 4 heteroatoms. The fourth-order valence-corrected chi connectivity index (χ4v) is 1.75. The van der Waals surface area contributed by atoms with Crippen LogP contribution in [0.2, 0.25) is 0 Å². The van der Waals surface area contributed by atoms with Gasteiger partial charge in [-0.05, 0) is 18.7 Å². The smallest absolute Gasteiger partial charge is 0.126 e. The Hall–Kier alpha value is -0.930. The number of nitrogens with one attached hydrogen (secondary N) is 1. The van der Waals surface area contributed by atoms with Crippen LogP contribution < -0.4 is 14.8 Å². The topological polar surface area (TPSA) is 30.5 Å². The summed E-state index contributed by atoms with van der Waals surface area (Å²) >= 11 is 0. The van der Waals surface area contributed by atoms with Crippen LogP contribution in [0.3, 0.4) is 0 Å². The molecule has 0 saturated carbocycles. The molecular weight excluding hydrogens is 214 g/mol. The summed E-state index contributed by atoms with van der Waals surface area (Å²) < 4.78 is 10.9. The van der Waals surface area contributed by atoms with Gasteiger partial charge in [-0.2, -0.15) is 0 Å². The van der Waals surface area contributed by atoms with Crippen LogP contribution in [-0.4, -0.2) is 26.8 Å². The second-order valence-electron chi connectivity index (χ2n) is 3.48. The number of ether oxygens (including phenoxy) is 2. The highest BCUT2D eigenvalue weighted by atomic mass is 35.5. The highest BCUT2D eigenvalue weighted by Gasteiger charge is 2.22. The predicted molar refractivity (Wildman–Crippen MR) is 62.3 cm³/mol. The lowest BCUT2D eigenvalue weighted by Crippen LogP contribution is -2.27. The second-order valence-corrected chi connectivity index (χ2v) is 3.48. The molecule has 15 heavy (non-hydrogen) atoms. The first-order chi connectivity index (χ1) is 6.83. The highest BCUT2D eigenvalue weighted by Crippen LogP contribution is 2.31. The van der Waals surface area contributed by atoms with Gasteiger partial charge in [0.2, 0.25) is 0 Å². The average molecular weight is 230 g/mol. The number of halogens is 1. The summed E-state index contributed by atoms with van der Waals surface area (Å²) in [5, 5.41) is 3.12. The van der Waals surface area contributed by atoms with Gasteiger partial charge in [0.05, 0.1) is 7.11 Å². The molecule has 3 nitrogen and oxygen atoms in total. The number of benzene rings is 1. The predicted octanol–water partition coefficient (Wildman–Crippen LogP) is 1.64. The van der Waals surface area contributed by atoms with Gasteiger partial charge in [-0.3, -0.25) is 0 Å². The summed E-state index contributed by atoms with van der Waals surface area (Å²) in [6.07, 6.45) is 1.25. The molecule has 1 heterocycles. The third-order valence-corrected chi connectivity index (χ3v) is 2.45. The van der Waals surface area contributed by atoms with Gasteiger partial charge in [-0.15, -0.1) is 12.4 Å². The summed E-state index contributed by atoms with van der Waals surface area (Å²) in [6, 6.07) is 6.00. The Morgan fingerprint density at radius 3 is 3.00 bits per heavy atom. The van der Waals surface area contributed by atoms with Crippen LogP contribution in [0.1, 0.15) is 5.56 Å². The summed E-state index contributed by atoms with van der Waals surface area (Å²) in [5.74, 6) is 1.82. The fraction of sp³-hybridized carbons (Fsp3) is 0.455. The van der Waals surface area contributed by atoms with Crippen LogP contribution in [0.15, 0.2) is 18.2 Å². The maximum Gasteiger partial charge on any atom is 0.126 e. The van der Waals surface area contributed by atoms with Crippen LogP contribution in [-0.2, 0) is 6.42 Å². The van der Waals surface area contributed by atoms with E-state index in [0.717, 1.165) is 24.5 Å². The fourth-order valence-electron chi connectivity index (χ4n) is 1.75. The van der Waals surface area contributed by atoms with E-state index in [0.29, 0.717) is 0 Å². The summed E-state index contributed by atoms with van der Waals surface area (Å²) in [4.78, 5) is 0. The molecule has 0 aliphatic carbocycles. The van der Waals surface area contributed by atoms with E-state index >= 15 is 0 Å². The second kappa shape index (κ2) is 5.24. The van der Waals surface area contributed by atoms with Gasteiger partial charge in [-0.25, -0.2) is 0 Å². The average Bonchev–Trinajstić information content (AvgIpc) is 2.59. The number of hydrogen-bond acceptors (Lipinski definition) is 3. The third kappa shape index (κ3) is 2.55. The first-order valence-corrected chi connectivity index (χ1v) is 4.81. The summed E-state index contributed by atoms with van der Waals surface area (Å²) in [6.45, 7) is 0.886. The number of likely N-dealkylation sites (N-methyl/N-ethyl adjacent to an activating group) is 1. The largest absolute Gasteiger partial charge is 0.497 e. The zero-order chi connectivity index (χ0) is 9.97. The molecule has 2 rings (SSSR count). The van der Waals surface area contributed by atoms with Crippen molar-refractivity contribution in [2.45, 2.75) is 12.5 Å². The van der Waals surface area contributed by atoms with E-state index in [1.807, 2.05) is 19.2 Å². The van der Waals surface area contributed by atoms with Crippen molar-refractivity contribution < 1.29 is 9.47 Å². The van der Waals surface area contributed by atoms with Crippen LogP contribution in [0.25, 0.3) is 0 Å². The summed E-state index contributed by atoms with van der Waals surface area (Å²) in [5.41, 5.74) is 1.27. The third-order valence-electron chi connectivity index (χ3n) is 2.45. The Morgan fingerprint density at radius 1 is 1.53 bits per heavy atom. The van der Waals surface area contributed by atoms with Crippen molar-refractivity contribution in [1.82, 2.24) is 5.32 Å². The first-order valence-electron chi connectivity index (χ1n) is 4.81. The minimum atomic E-state index is 0. The highest BCUT2D eigenvalue weighted by molar-refractivity contribution is 5.85. The van der Waals surface area contributed by atoms with Crippen LogP contribution in [0.5, 0.6) is 11.5 Å². The van der Waals surface area contributed by atoms with Crippen molar-refractivity contribution in [3.8, 4) is 11.5 Å². The number of rotatable bonds is 3. The normalized spacial score (nSPS) is 17.6. The van der Waals surface area contributed by atoms with Crippen LogP contribution in [0, 0.1) is 0 Å². The van der Waals surface area contributed by atoms with Gasteiger partial charge < -0.3 is 14.8 Å². The minimum Gasteiger partial charge on any atom is -0.497 e. The molecule has 1 aliphatic rings. The number of hydrogen-bond donors (Lipinski definition) is 1. The molecule has 1 aromatic rings. The molecule has 0 amide bonds. The van der Waals surface area contributed by atoms with Gasteiger partial charge >= 0.3 is 0 Å². The molecule has 0 spiro atoms. The van der Waals surface area contributed by atoms with Gasteiger partial charge in [0.15, 0.2) is 0 Å². The molecule has 1 unspecified atom stereocenters. The van der Waals surface area contributed by atoms with Gasteiger partial charge in [-0.1, -0.05) is 6.07 Å². The monoisotopic (exact) mass is 229 g/mol. The van der Waals surface area contributed by atoms with Crippen LogP contribution >= 0.6 is 12.4 Å². The quantitative estimate of drug-likeness (QED) is 0.855. The SMILES string of the molecule is CNCC1Cc2ccc(OC)cc2O1.Cl. The molecular formula is C11H16ClNO2. The standard InChI is InChI=1S/C11H15NO2.ClH/c1-12-7-10-5-8-3-4-9(13-2)6-11(8)14-10;/h3-4,6,10,12H,5,7H2,1-2H3;1H. The molecule has 0 saturated heterocycles. The van der Waals surface area contributed by atoms with E-state index in [1.54, 1.807) is 7.11 Å². The van der Waals surface area contributed by atoms with Crippen molar-refractivity contribution in [3.05, 3.63) is 23.8 Å². The van der Waals surface area contributed by atoms with Crippen molar-refractivity contribution in [3.63, 3.8) is 0 Å². The Balaban J connectivity index is 0.00000112.